The molecule has 0 atom stereocenters. The van der Waals surface area contributed by atoms with Crippen molar-refractivity contribution in [3.8, 4) is 11.3 Å². The zero-order chi connectivity index (χ0) is 11.8. The molecular formula is C13H10BrN3. The number of hydrogen-bond donors (Lipinski definition) is 0. The van der Waals surface area contributed by atoms with E-state index in [1.54, 1.807) is 6.20 Å². The molecule has 0 N–H and O–H groups in total. The Labute approximate surface area is 107 Å². The third-order valence-electron chi connectivity index (χ3n) is 2.65. The van der Waals surface area contributed by atoms with Crippen molar-refractivity contribution in [1.82, 2.24) is 14.4 Å². The number of pyridine rings is 2. The first-order valence-electron chi connectivity index (χ1n) is 5.30. The monoisotopic (exact) mass is 287 g/mol. The first-order valence-corrected chi connectivity index (χ1v) is 6.09. The number of imidazole rings is 1. The molecule has 0 aromatic carbocycles. The first kappa shape index (κ1) is 10.5. The number of aromatic nitrogens is 3. The fraction of sp³-hybridized carbons (Fsp3) is 0.0769. The molecule has 0 spiro atoms. The van der Waals surface area contributed by atoms with Crippen LogP contribution < -0.4 is 0 Å². The summed E-state index contributed by atoms with van der Waals surface area (Å²) in [6.07, 6.45) is 5.71. The van der Waals surface area contributed by atoms with Crippen molar-refractivity contribution in [2.24, 2.45) is 0 Å². The fourth-order valence-electron chi connectivity index (χ4n) is 1.82. The smallest absolute Gasteiger partial charge is 0.137 e. The minimum Gasteiger partial charge on any atom is -0.306 e. The second-order valence-electron chi connectivity index (χ2n) is 3.89. The molecule has 0 saturated carbocycles. The van der Waals surface area contributed by atoms with Crippen LogP contribution in [0.15, 0.2) is 47.3 Å². The van der Waals surface area contributed by atoms with Crippen LogP contribution in [0.25, 0.3) is 16.9 Å². The molecule has 4 heteroatoms. The third kappa shape index (κ3) is 1.85. The van der Waals surface area contributed by atoms with Gasteiger partial charge in [0.15, 0.2) is 0 Å². The third-order valence-corrected chi connectivity index (χ3v) is 3.28. The maximum atomic E-state index is 4.53. The average molecular weight is 288 g/mol. The minimum atomic E-state index is 0.923. The molecule has 0 saturated heterocycles. The Morgan fingerprint density at radius 3 is 3.00 bits per heavy atom. The van der Waals surface area contributed by atoms with E-state index in [2.05, 4.69) is 25.9 Å². The van der Waals surface area contributed by atoms with Crippen LogP contribution in [0.1, 0.15) is 5.69 Å². The lowest BCUT2D eigenvalue weighted by Crippen LogP contribution is -1.90. The van der Waals surface area contributed by atoms with Gasteiger partial charge in [0.25, 0.3) is 0 Å². The van der Waals surface area contributed by atoms with E-state index in [1.807, 2.05) is 48.0 Å². The highest BCUT2D eigenvalue weighted by atomic mass is 79.9. The Balaban J connectivity index is 2.25. The molecule has 0 bridgehead atoms. The minimum absolute atomic E-state index is 0.923. The number of aryl methyl sites for hydroxylation is 1. The molecule has 3 aromatic rings. The van der Waals surface area contributed by atoms with Crippen molar-refractivity contribution in [2.75, 3.05) is 0 Å². The number of halogens is 1. The van der Waals surface area contributed by atoms with Crippen molar-refractivity contribution in [2.45, 2.75) is 6.92 Å². The summed E-state index contributed by atoms with van der Waals surface area (Å²) in [6, 6.07) is 8.05. The van der Waals surface area contributed by atoms with Crippen LogP contribution in [0.3, 0.4) is 0 Å². The molecule has 0 amide bonds. The summed E-state index contributed by atoms with van der Waals surface area (Å²) in [5.74, 6) is 0. The number of rotatable bonds is 1. The predicted molar refractivity (Wildman–Crippen MR) is 70.9 cm³/mol. The fourth-order valence-corrected chi connectivity index (χ4v) is 2.36. The van der Waals surface area contributed by atoms with Crippen LogP contribution in [0.4, 0.5) is 0 Å². The highest BCUT2D eigenvalue weighted by Crippen LogP contribution is 2.27. The number of hydrogen-bond acceptors (Lipinski definition) is 2. The molecule has 0 aliphatic carbocycles. The summed E-state index contributed by atoms with van der Waals surface area (Å²) in [5.41, 5.74) is 3.96. The number of fused-ring (bicyclic) bond motifs is 1. The summed E-state index contributed by atoms with van der Waals surface area (Å²) in [4.78, 5) is 8.81. The van der Waals surface area contributed by atoms with E-state index in [4.69, 9.17) is 0 Å². The molecule has 0 unspecified atom stereocenters. The molecule has 17 heavy (non-hydrogen) atoms. The van der Waals surface area contributed by atoms with Crippen molar-refractivity contribution in [3.05, 3.63) is 53.0 Å². The van der Waals surface area contributed by atoms with Crippen LogP contribution in [0, 0.1) is 6.92 Å². The molecule has 3 heterocycles. The van der Waals surface area contributed by atoms with Gasteiger partial charge < -0.3 is 4.40 Å². The van der Waals surface area contributed by atoms with Gasteiger partial charge in [-0.25, -0.2) is 4.98 Å². The van der Waals surface area contributed by atoms with Crippen LogP contribution >= 0.6 is 15.9 Å². The van der Waals surface area contributed by atoms with Gasteiger partial charge in [-0.3, -0.25) is 4.98 Å². The molecule has 84 valence electrons. The van der Waals surface area contributed by atoms with Gasteiger partial charge in [0.1, 0.15) is 5.65 Å². The summed E-state index contributed by atoms with van der Waals surface area (Å²) in [5, 5.41) is 0. The topological polar surface area (TPSA) is 30.2 Å². The van der Waals surface area contributed by atoms with E-state index in [9.17, 15) is 0 Å². The molecule has 3 rings (SSSR count). The van der Waals surface area contributed by atoms with Crippen LogP contribution in [0.5, 0.6) is 0 Å². The quantitative estimate of drug-likeness (QED) is 0.686. The molecule has 3 aromatic heterocycles. The summed E-state index contributed by atoms with van der Waals surface area (Å²) in [7, 11) is 0. The summed E-state index contributed by atoms with van der Waals surface area (Å²) >= 11 is 3.57. The molecular weight excluding hydrogens is 278 g/mol. The molecule has 0 aliphatic rings. The largest absolute Gasteiger partial charge is 0.306 e. The van der Waals surface area contributed by atoms with E-state index in [1.165, 1.54) is 0 Å². The van der Waals surface area contributed by atoms with Gasteiger partial charge in [0.05, 0.1) is 5.69 Å². The highest BCUT2D eigenvalue weighted by molar-refractivity contribution is 9.10. The Morgan fingerprint density at radius 2 is 2.18 bits per heavy atom. The van der Waals surface area contributed by atoms with Crippen LogP contribution in [0.2, 0.25) is 0 Å². The zero-order valence-corrected chi connectivity index (χ0v) is 10.8. The maximum Gasteiger partial charge on any atom is 0.137 e. The second-order valence-corrected chi connectivity index (χ2v) is 4.75. The van der Waals surface area contributed by atoms with Gasteiger partial charge in [0, 0.05) is 34.3 Å². The highest BCUT2D eigenvalue weighted by Gasteiger charge is 2.07. The van der Waals surface area contributed by atoms with Gasteiger partial charge in [-0.1, -0.05) is 6.07 Å². The van der Waals surface area contributed by atoms with E-state index < -0.39 is 0 Å². The van der Waals surface area contributed by atoms with Gasteiger partial charge in [0.2, 0.25) is 0 Å². The number of nitrogens with zero attached hydrogens (tertiary/aromatic N) is 3. The Hall–Kier alpha value is -1.68. The molecule has 3 nitrogen and oxygen atoms in total. The van der Waals surface area contributed by atoms with Gasteiger partial charge in [-0.15, -0.1) is 0 Å². The molecule has 0 aliphatic heterocycles. The van der Waals surface area contributed by atoms with Crippen LogP contribution in [-0.2, 0) is 0 Å². The normalized spacial score (nSPS) is 10.9. The van der Waals surface area contributed by atoms with E-state index in [0.29, 0.717) is 0 Å². The molecule has 0 radical (unpaired) electrons. The summed E-state index contributed by atoms with van der Waals surface area (Å²) < 4.78 is 2.99. The van der Waals surface area contributed by atoms with E-state index >= 15 is 0 Å². The van der Waals surface area contributed by atoms with Crippen molar-refractivity contribution < 1.29 is 0 Å². The lowest BCUT2D eigenvalue weighted by Gasteiger charge is -2.05. The van der Waals surface area contributed by atoms with E-state index in [-0.39, 0.29) is 0 Å². The summed E-state index contributed by atoms with van der Waals surface area (Å²) in [6.45, 7) is 1.99. The van der Waals surface area contributed by atoms with Gasteiger partial charge in [-0.05, 0) is 41.1 Å². The van der Waals surface area contributed by atoms with Crippen molar-refractivity contribution >= 4 is 21.6 Å². The average Bonchev–Trinajstić information content (AvgIpc) is 2.75. The predicted octanol–water partition coefficient (Wildman–Crippen LogP) is 3.47. The second kappa shape index (κ2) is 3.96. The lowest BCUT2D eigenvalue weighted by atomic mass is 10.1. The first-order chi connectivity index (χ1) is 8.24. The van der Waals surface area contributed by atoms with Crippen molar-refractivity contribution in [3.63, 3.8) is 0 Å². The van der Waals surface area contributed by atoms with E-state index in [0.717, 1.165) is 27.1 Å². The Kier molecular flexibility index (Phi) is 2.44. The SMILES string of the molecule is Cc1cccc(-c2cc3nccn3cc2Br)n1. The standard InChI is InChI=1S/C13H10BrN3/c1-9-3-2-4-12(16-9)10-7-13-15-5-6-17(13)8-11(10)14/h2-8H,1H3. The Morgan fingerprint density at radius 1 is 1.29 bits per heavy atom. The lowest BCUT2D eigenvalue weighted by molar-refractivity contribution is 1.16. The van der Waals surface area contributed by atoms with Gasteiger partial charge in [-0.2, -0.15) is 0 Å². The van der Waals surface area contributed by atoms with Crippen LogP contribution in [-0.4, -0.2) is 14.4 Å². The zero-order valence-electron chi connectivity index (χ0n) is 9.26. The molecule has 0 fully saturated rings. The van der Waals surface area contributed by atoms with Crippen molar-refractivity contribution in [1.29, 1.82) is 0 Å². The maximum absolute atomic E-state index is 4.53. The Bertz CT molecular complexity index is 688. The van der Waals surface area contributed by atoms with Gasteiger partial charge >= 0.3 is 0 Å².